The van der Waals surface area contributed by atoms with Crippen LogP contribution in [-0.2, 0) is 17.8 Å². The number of carboxylic acids is 1. The van der Waals surface area contributed by atoms with Gasteiger partial charge in [-0.05, 0) is 18.2 Å². The molecule has 20 heavy (non-hydrogen) atoms. The molecule has 6 nitrogen and oxygen atoms in total. The quantitative estimate of drug-likeness (QED) is 0.836. The van der Waals surface area contributed by atoms with E-state index in [2.05, 4.69) is 0 Å². The third-order valence-corrected chi connectivity index (χ3v) is 3.06. The van der Waals surface area contributed by atoms with Gasteiger partial charge < -0.3 is 19.5 Å². The van der Waals surface area contributed by atoms with Crippen molar-refractivity contribution in [3.05, 3.63) is 40.2 Å². The molecule has 1 aromatic carbocycles. The second-order valence-electron chi connectivity index (χ2n) is 4.33. The second-order valence-corrected chi connectivity index (χ2v) is 4.33. The van der Waals surface area contributed by atoms with Crippen molar-refractivity contribution >= 4 is 16.9 Å². The third kappa shape index (κ3) is 2.65. The number of rotatable bonds is 5. The Morgan fingerprint density at radius 2 is 2.10 bits per heavy atom. The van der Waals surface area contributed by atoms with Gasteiger partial charge in [-0.3, -0.25) is 9.59 Å². The van der Waals surface area contributed by atoms with Gasteiger partial charge in [0.05, 0.1) is 25.7 Å². The monoisotopic (exact) mass is 277 g/mol. The predicted octanol–water partition coefficient (Wildman–Crippen LogP) is 0.629. The largest absolute Gasteiger partial charge is 0.497 e. The molecule has 0 atom stereocenters. The van der Waals surface area contributed by atoms with E-state index in [4.69, 9.17) is 14.9 Å². The number of nitrogens with zero attached hydrogens (tertiary/aromatic N) is 1. The molecule has 0 saturated carbocycles. The van der Waals surface area contributed by atoms with Crippen molar-refractivity contribution in [2.45, 2.75) is 13.0 Å². The molecule has 2 N–H and O–H groups in total. The van der Waals surface area contributed by atoms with Crippen LogP contribution in [0.4, 0.5) is 0 Å². The minimum atomic E-state index is -1.02. The van der Waals surface area contributed by atoms with Crippen LogP contribution >= 0.6 is 0 Å². The maximum Gasteiger partial charge on any atom is 0.309 e. The number of aliphatic hydroxyl groups excluding tert-OH is 1. The molecule has 0 saturated heterocycles. The average Bonchev–Trinajstić information content (AvgIpc) is 2.42. The van der Waals surface area contributed by atoms with E-state index in [1.807, 2.05) is 0 Å². The lowest BCUT2D eigenvalue weighted by Crippen LogP contribution is -2.18. The van der Waals surface area contributed by atoms with Crippen LogP contribution in [0.5, 0.6) is 5.75 Å². The molecule has 0 bridgehead atoms. The van der Waals surface area contributed by atoms with E-state index < -0.39 is 5.97 Å². The van der Waals surface area contributed by atoms with Gasteiger partial charge in [0, 0.05) is 23.7 Å². The number of carboxylic acid groups (broad SMARTS) is 1. The van der Waals surface area contributed by atoms with Crippen molar-refractivity contribution in [2.24, 2.45) is 0 Å². The molecule has 6 heteroatoms. The Labute approximate surface area is 114 Å². The van der Waals surface area contributed by atoms with E-state index in [9.17, 15) is 9.59 Å². The molecule has 106 valence electrons. The molecule has 1 aromatic heterocycles. The van der Waals surface area contributed by atoms with E-state index in [1.54, 1.807) is 22.8 Å². The summed E-state index contributed by atoms with van der Waals surface area (Å²) in [6.45, 7) is 0.0857. The number of methoxy groups -OCH3 is 1. The van der Waals surface area contributed by atoms with Gasteiger partial charge in [-0.25, -0.2) is 0 Å². The number of carbonyl (C=O) groups is 1. The first kappa shape index (κ1) is 14.1. The minimum Gasteiger partial charge on any atom is -0.497 e. The summed E-state index contributed by atoms with van der Waals surface area (Å²) in [5.41, 5.74) is 0.696. The Morgan fingerprint density at radius 1 is 1.35 bits per heavy atom. The summed E-state index contributed by atoms with van der Waals surface area (Å²) >= 11 is 0. The SMILES string of the molecule is COc1ccc2c(c1)c(=O)cc(CC(=O)O)n2CCO. The summed E-state index contributed by atoms with van der Waals surface area (Å²) in [4.78, 5) is 23.0. The molecule has 0 spiro atoms. The predicted molar refractivity (Wildman–Crippen MR) is 73.2 cm³/mol. The van der Waals surface area contributed by atoms with Gasteiger partial charge in [0.1, 0.15) is 5.75 Å². The minimum absolute atomic E-state index is 0.142. The highest BCUT2D eigenvalue weighted by Gasteiger charge is 2.12. The number of aromatic nitrogens is 1. The van der Waals surface area contributed by atoms with Gasteiger partial charge in [-0.2, -0.15) is 0 Å². The second kappa shape index (κ2) is 5.75. The van der Waals surface area contributed by atoms with Gasteiger partial charge in [0.15, 0.2) is 5.43 Å². The highest BCUT2D eigenvalue weighted by molar-refractivity contribution is 5.82. The fraction of sp³-hybridized carbons (Fsp3) is 0.286. The van der Waals surface area contributed by atoms with Crippen molar-refractivity contribution in [1.82, 2.24) is 4.57 Å². The fourth-order valence-corrected chi connectivity index (χ4v) is 2.20. The summed E-state index contributed by atoms with van der Waals surface area (Å²) in [6, 6.07) is 6.29. The van der Waals surface area contributed by atoms with Crippen molar-refractivity contribution in [1.29, 1.82) is 0 Å². The Morgan fingerprint density at radius 3 is 2.70 bits per heavy atom. The van der Waals surface area contributed by atoms with Crippen molar-refractivity contribution in [2.75, 3.05) is 13.7 Å². The van der Waals surface area contributed by atoms with Gasteiger partial charge in [-0.1, -0.05) is 0 Å². The number of benzene rings is 1. The topological polar surface area (TPSA) is 88.8 Å². The van der Waals surface area contributed by atoms with E-state index in [0.29, 0.717) is 22.3 Å². The number of aliphatic carboxylic acids is 1. The van der Waals surface area contributed by atoms with E-state index in [1.165, 1.54) is 13.2 Å². The smallest absolute Gasteiger partial charge is 0.309 e. The summed E-state index contributed by atoms with van der Waals surface area (Å²) < 4.78 is 6.72. The molecule has 0 amide bonds. The first-order valence-electron chi connectivity index (χ1n) is 6.10. The molecule has 0 aliphatic rings. The molecule has 2 aromatic rings. The van der Waals surface area contributed by atoms with E-state index in [0.717, 1.165) is 0 Å². The zero-order valence-electron chi connectivity index (χ0n) is 11.0. The molecule has 0 aliphatic carbocycles. The summed E-state index contributed by atoms with van der Waals surface area (Å²) in [5.74, 6) is -0.472. The number of hydrogen-bond acceptors (Lipinski definition) is 4. The number of pyridine rings is 1. The van der Waals surface area contributed by atoms with Crippen molar-refractivity contribution in [3.63, 3.8) is 0 Å². The molecule has 0 fully saturated rings. The third-order valence-electron chi connectivity index (χ3n) is 3.06. The molecule has 0 unspecified atom stereocenters. The Kier molecular flexibility index (Phi) is 4.05. The van der Waals surface area contributed by atoms with Crippen molar-refractivity contribution in [3.8, 4) is 5.75 Å². The molecule has 2 rings (SSSR count). The lowest BCUT2D eigenvalue weighted by atomic mass is 10.1. The fourth-order valence-electron chi connectivity index (χ4n) is 2.20. The zero-order chi connectivity index (χ0) is 14.7. The van der Waals surface area contributed by atoms with E-state index in [-0.39, 0.29) is 25.0 Å². The highest BCUT2D eigenvalue weighted by Crippen LogP contribution is 2.19. The standard InChI is InChI=1S/C14H15NO5/c1-20-10-2-3-12-11(8-10)13(17)6-9(7-14(18)19)15(12)4-5-16/h2-3,6,8,16H,4-5,7H2,1H3,(H,18,19). The van der Waals surface area contributed by atoms with Gasteiger partial charge in [0.25, 0.3) is 0 Å². The van der Waals surface area contributed by atoms with Crippen molar-refractivity contribution < 1.29 is 19.7 Å². The van der Waals surface area contributed by atoms with Crippen LogP contribution in [0.1, 0.15) is 5.69 Å². The maximum atomic E-state index is 12.1. The molecular weight excluding hydrogens is 262 g/mol. The molecule has 0 aliphatic heterocycles. The van der Waals surface area contributed by atoms with Gasteiger partial charge in [-0.15, -0.1) is 0 Å². The zero-order valence-corrected chi connectivity index (χ0v) is 11.0. The first-order valence-corrected chi connectivity index (χ1v) is 6.10. The maximum absolute atomic E-state index is 12.1. The normalized spacial score (nSPS) is 10.7. The van der Waals surface area contributed by atoms with Crippen LogP contribution in [0.25, 0.3) is 10.9 Å². The highest BCUT2D eigenvalue weighted by atomic mass is 16.5. The molecular formula is C14H15NO5. The van der Waals surface area contributed by atoms with Crippen LogP contribution < -0.4 is 10.2 Å². The first-order chi connectivity index (χ1) is 9.56. The summed E-state index contributed by atoms with van der Waals surface area (Å²) in [5, 5.41) is 18.5. The van der Waals surface area contributed by atoms with Crippen LogP contribution in [0.2, 0.25) is 0 Å². The summed E-state index contributed by atoms with van der Waals surface area (Å²) in [6.07, 6.45) is -0.267. The van der Waals surface area contributed by atoms with Crippen LogP contribution in [0.15, 0.2) is 29.1 Å². The van der Waals surface area contributed by atoms with Crippen LogP contribution in [0, 0.1) is 0 Å². The lowest BCUT2D eigenvalue weighted by Gasteiger charge is -2.15. The molecule has 1 heterocycles. The average molecular weight is 277 g/mol. The van der Waals surface area contributed by atoms with E-state index >= 15 is 0 Å². The van der Waals surface area contributed by atoms with Gasteiger partial charge >= 0.3 is 5.97 Å². The lowest BCUT2D eigenvalue weighted by molar-refractivity contribution is -0.136. The summed E-state index contributed by atoms with van der Waals surface area (Å²) in [7, 11) is 1.51. The number of aliphatic hydroxyl groups is 1. The number of hydrogen-bond donors (Lipinski definition) is 2. The molecule has 0 radical (unpaired) electrons. The van der Waals surface area contributed by atoms with Crippen LogP contribution in [-0.4, -0.2) is 34.5 Å². The number of fused-ring (bicyclic) bond motifs is 1. The Bertz CT molecular complexity index is 705. The Balaban J connectivity index is 2.73. The number of ether oxygens (including phenoxy) is 1. The van der Waals surface area contributed by atoms with Gasteiger partial charge in [0.2, 0.25) is 0 Å². The van der Waals surface area contributed by atoms with Crippen LogP contribution in [0.3, 0.4) is 0 Å². The Hall–Kier alpha value is -2.34.